The summed E-state index contributed by atoms with van der Waals surface area (Å²) in [6.07, 6.45) is 6.46. The summed E-state index contributed by atoms with van der Waals surface area (Å²) in [5, 5.41) is 4.20. The van der Waals surface area contributed by atoms with Crippen molar-refractivity contribution in [3.05, 3.63) is 71.2 Å². The first-order valence-corrected chi connectivity index (χ1v) is 12.7. The number of halogens is 2. The van der Waals surface area contributed by atoms with E-state index in [1.807, 2.05) is 18.2 Å². The molecule has 33 heavy (non-hydrogen) atoms. The van der Waals surface area contributed by atoms with Gasteiger partial charge in [0.25, 0.3) is 0 Å². The van der Waals surface area contributed by atoms with Crippen LogP contribution < -0.4 is 4.90 Å². The van der Waals surface area contributed by atoms with E-state index in [1.54, 1.807) is 41.8 Å². The van der Waals surface area contributed by atoms with Gasteiger partial charge in [0, 0.05) is 48.5 Å². The summed E-state index contributed by atoms with van der Waals surface area (Å²) in [4.78, 5) is 9.42. The van der Waals surface area contributed by atoms with Crippen LogP contribution in [0, 0.1) is 11.6 Å². The van der Waals surface area contributed by atoms with Crippen molar-refractivity contribution < 1.29 is 8.78 Å². The Hall–Kier alpha value is -2.57. The zero-order valence-electron chi connectivity index (χ0n) is 18.5. The van der Waals surface area contributed by atoms with Crippen molar-refractivity contribution in [1.82, 2.24) is 9.88 Å². The second-order valence-corrected chi connectivity index (χ2v) is 10.3. The van der Waals surface area contributed by atoms with Gasteiger partial charge in [-0.15, -0.1) is 11.3 Å². The van der Waals surface area contributed by atoms with Gasteiger partial charge in [0.1, 0.15) is 11.6 Å². The molecule has 2 fully saturated rings. The van der Waals surface area contributed by atoms with E-state index >= 15 is 0 Å². The SMILES string of the molecule is Fc1cc(N2CCN([C@H]3CC[C@@H](c4csc5ccc(F)cc54)CC3)CC2)c2ncccc2c1. The van der Waals surface area contributed by atoms with Crippen LogP contribution in [-0.2, 0) is 0 Å². The molecule has 0 bridgehead atoms. The Labute approximate surface area is 196 Å². The highest BCUT2D eigenvalue weighted by Crippen LogP contribution is 2.41. The topological polar surface area (TPSA) is 19.4 Å². The Morgan fingerprint density at radius 2 is 1.70 bits per heavy atom. The molecular formula is C27H27F2N3S. The highest BCUT2D eigenvalue weighted by Gasteiger charge is 2.30. The van der Waals surface area contributed by atoms with Gasteiger partial charge >= 0.3 is 0 Å². The average molecular weight is 464 g/mol. The maximum absolute atomic E-state index is 14.2. The zero-order chi connectivity index (χ0) is 22.4. The number of hydrogen-bond acceptors (Lipinski definition) is 4. The molecule has 4 aromatic rings. The number of piperazine rings is 1. The fourth-order valence-corrected chi connectivity index (χ4v) is 6.82. The van der Waals surface area contributed by atoms with Crippen molar-refractivity contribution >= 4 is 38.0 Å². The highest BCUT2D eigenvalue weighted by atomic mass is 32.1. The molecule has 1 aliphatic heterocycles. The van der Waals surface area contributed by atoms with Gasteiger partial charge in [0.2, 0.25) is 0 Å². The molecule has 1 aliphatic carbocycles. The van der Waals surface area contributed by atoms with Crippen LogP contribution in [0.15, 0.2) is 54.0 Å². The van der Waals surface area contributed by atoms with Gasteiger partial charge in [-0.25, -0.2) is 8.78 Å². The van der Waals surface area contributed by atoms with Crippen LogP contribution in [0.3, 0.4) is 0 Å². The van der Waals surface area contributed by atoms with Gasteiger partial charge in [-0.1, -0.05) is 6.07 Å². The number of pyridine rings is 1. The smallest absolute Gasteiger partial charge is 0.126 e. The number of hydrogen-bond donors (Lipinski definition) is 0. The van der Waals surface area contributed by atoms with Gasteiger partial charge in [-0.05, 0) is 84.3 Å². The highest BCUT2D eigenvalue weighted by molar-refractivity contribution is 7.17. The van der Waals surface area contributed by atoms with E-state index < -0.39 is 0 Å². The van der Waals surface area contributed by atoms with Crippen LogP contribution >= 0.6 is 11.3 Å². The molecule has 2 aliphatic rings. The van der Waals surface area contributed by atoms with Crippen molar-refractivity contribution in [2.24, 2.45) is 0 Å². The van der Waals surface area contributed by atoms with Gasteiger partial charge in [0.05, 0.1) is 11.2 Å². The molecule has 3 heterocycles. The van der Waals surface area contributed by atoms with Crippen molar-refractivity contribution in [3.8, 4) is 0 Å². The predicted molar refractivity (Wildman–Crippen MR) is 132 cm³/mol. The summed E-state index contributed by atoms with van der Waals surface area (Å²) in [5.74, 6) is 0.185. The number of fused-ring (bicyclic) bond motifs is 2. The summed E-state index contributed by atoms with van der Waals surface area (Å²) in [7, 11) is 0. The minimum absolute atomic E-state index is 0.144. The molecule has 0 atom stereocenters. The first kappa shape index (κ1) is 21.0. The standard InChI is InChI=1S/C27H27F2N3S/c28-20-5-8-26-23(15-20)24(17-33-26)18-3-6-22(7-4-18)31-10-12-32(13-11-31)25-16-21(29)14-19-2-1-9-30-27(19)25/h1-2,5,8-9,14-18,22H,3-4,6-7,10-13H2/t18-,22+. The third kappa shape index (κ3) is 4.00. The molecule has 6 heteroatoms. The molecule has 6 rings (SSSR count). The maximum atomic E-state index is 14.2. The third-order valence-electron chi connectivity index (χ3n) is 7.52. The van der Waals surface area contributed by atoms with Crippen molar-refractivity contribution in [2.75, 3.05) is 31.1 Å². The minimum atomic E-state index is -0.202. The van der Waals surface area contributed by atoms with E-state index in [0.717, 1.165) is 61.0 Å². The number of rotatable bonds is 3. The van der Waals surface area contributed by atoms with E-state index in [9.17, 15) is 8.78 Å². The second-order valence-electron chi connectivity index (χ2n) is 9.36. The lowest BCUT2D eigenvalue weighted by atomic mass is 9.81. The average Bonchev–Trinajstić information content (AvgIpc) is 3.27. The van der Waals surface area contributed by atoms with E-state index in [-0.39, 0.29) is 11.6 Å². The van der Waals surface area contributed by atoms with Crippen LogP contribution in [0.2, 0.25) is 0 Å². The van der Waals surface area contributed by atoms with Gasteiger partial charge < -0.3 is 4.90 Å². The predicted octanol–water partition coefficient (Wildman–Crippen LogP) is 6.58. The van der Waals surface area contributed by atoms with E-state index in [4.69, 9.17) is 0 Å². The minimum Gasteiger partial charge on any atom is -0.367 e. The lowest BCUT2D eigenvalue weighted by Crippen LogP contribution is -2.51. The first-order chi connectivity index (χ1) is 16.2. The molecule has 2 aromatic carbocycles. The molecule has 0 amide bonds. The molecule has 170 valence electrons. The van der Waals surface area contributed by atoms with E-state index in [2.05, 4.69) is 20.2 Å². The van der Waals surface area contributed by atoms with Gasteiger partial charge in [-0.3, -0.25) is 9.88 Å². The summed E-state index contributed by atoms with van der Waals surface area (Å²) in [6.45, 7) is 3.77. The first-order valence-electron chi connectivity index (χ1n) is 11.9. The fourth-order valence-electron chi connectivity index (χ4n) is 5.80. The van der Waals surface area contributed by atoms with Crippen LogP contribution in [0.4, 0.5) is 14.5 Å². The monoisotopic (exact) mass is 463 g/mol. The Balaban J connectivity index is 1.10. The molecular weight excluding hydrogens is 436 g/mol. The molecule has 0 radical (unpaired) electrons. The van der Waals surface area contributed by atoms with Crippen LogP contribution in [0.5, 0.6) is 0 Å². The largest absolute Gasteiger partial charge is 0.367 e. The second kappa shape index (κ2) is 8.65. The Bertz CT molecular complexity index is 1290. The summed E-state index contributed by atoms with van der Waals surface area (Å²) in [5.41, 5.74) is 3.13. The Morgan fingerprint density at radius 1 is 0.879 bits per heavy atom. The number of anilines is 1. The summed E-state index contributed by atoms with van der Waals surface area (Å²) >= 11 is 1.73. The molecule has 0 spiro atoms. The molecule has 1 saturated heterocycles. The van der Waals surface area contributed by atoms with Gasteiger partial charge in [-0.2, -0.15) is 0 Å². The van der Waals surface area contributed by atoms with Crippen LogP contribution in [-0.4, -0.2) is 42.1 Å². The molecule has 1 saturated carbocycles. The lowest BCUT2D eigenvalue weighted by molar-refractivity contribution is 0.141. The molecule has 2 aromatic heterocycles. The summed E-state index contributed by atoms with van der Waals surface area (Å²) < 4.78 is 29.2. The lowest BCUT2D eigenvalue weighted by Gasteiger charge is -2.42. The number of aromatic nitrogens is 1. The molecule has 3 nitrogen and oxygen atoms in total. The van der Waals surface area contributed by atoms with Crippen LogP contribution in [0.25, 0.3) is 21.0 Å². The number of nitrogens with zero attached hydrogens (tertiary/aromatic N) is 3. The van der Waals surface area contributed by atoms with Crippen molar-refractivity contribution in [2.45, 2.75) is 37.6 Å². The Morgan fingerprint density at radius 3 is 2.52 bits per heavy atom. The number of benzene rings is 2. The molecule has 0 N–H and O–H groups in total. The van der Waals surface area contributed by atoms with Gasteiger partial charge in [0.15, 0.2) is 0 Å². The van der Waals surface area contributed by atoms with Crippen molar-refractivity contribution in [3.63, 3.8) is 0 Å². The maximum Gasteiger partial charge on any atom is 0.126 e. The Kier molecular flexibility index (Phi) is 5.51. The molecule has 0 unspecified atom stereocenters. The summed E-state index contributed by atoms with van der Waals surface area (Å²) in [6, 6.07) is 12.7. The quantitative estimate of drug-likeness (QED) is 0.342. The zero-order valence-corrected chi connectivity index (χ0v) is 19.3. The number of thiophene rings is 1. The van der Waals surface area contributed by atoms with Crippen LogP contribution in [0.1, 0.15) is 37.2 Å². The third-order valence-corrected chi connectivity index (χ3v) is 8.50. The normalized spacial score (nSPS) is 22.3. The van der Waals surface area contributed by atoms with Crippen molar-refractivity contribution in [1.29, 1.82) is 0 Å². The van der Waals surface area contributed by atoms with E-state index in [1.165, 1.54) is 23.1 Å². The van der Waals surface area contributed by atoms with E-state index in [0.29, 0.717) is 12.0 Å². The fraction of sp³-hybridized carbons (Fsp3) is 0.370.